The first-order valence-corrected chi connectivity index (χ1v) is 12.3. The molecule has 38 heavy (non-hydrogen) atoms. The summed E-state index contributed by atoms with van der Waals surface area (Å²) in [7, 11) is 1.39. The Morgan fingerprint density at radius 2 is 1.95 bits per heavy atom. The fraction of sp³-hybridized carbons (Fsp3) is 0.241. The lowest BCUT2D eigenvalue weighted by Crippen LogP contribution is -2.28. The molecule has 3 heterocycles. The number of benzene rings is 2. The van der Waals surface area contributed by atoms with E-state index in [2.05, 4.69) is 20.4 Å². The molecule has 8 nitrogen and oxygen atoms in total. The molecular weight excluding hydrogens is 485 g/mol. The zero-order valence-electron chi connectivity index (χ0n) is 21.8. The van der Waals surface area contributed by atoms with Gasteiger partial charge in [0, 0.05) is 22.7 Å². The van der Waals surface area contributed by atoms with E-state index in [1.165, 1.54) is 23.8 Å². The first kappa shape index (κ1) is 25.1. The topological polar surface area (TPSA) is 101 Å². The van der Waals surface area contributed by atoms with Gasteiger partial charge in [-0.2, -0.15) is 5.10 Å². The number of methoxy groups -OCH3 is 1. The van der Waals surface area contributed by atoms with Gasteiger partial charge in [0.1, 0.15) is 5.52 Å². The lowest BCUT2D eigenvalue weighted by molar-refractivity contribution is 0.0933. The number of rotatable bonds is 6. The zero-order valence-corrected chi connectivity index (χ0v) is 21.8. The first-order chi connectivity index (χ1) is 18.2. The third-order valence-corrected chi connectivity index (χ3v) is 6.73. The van der Waals surface area contributed by atoms with Crippen molar-refractivity contribution in [2.24, 2.45) is 0 Å². The number of halogens is 1. The number of hydrogen-bond donors (Lipinski definition) is 2. The third kappa shape index (κ3) is 4.40. The van der Waals surface area contributed by atoms with E-state index >= 15 is 0 Å². The number of amides is 1. The van der Waals surface area contributed by atoms with Crippen molar-refractivity contribution in [1.82, 2.24) is 24.9 Å². The molecule has 9 heteroatoms. The van der Waals surface area contributed by atoms with Gasteiger partial charge in [-0.15, -0.1) is 0 Å². The fourth-order valence-corrected chi connectivity index (χ4v) is 4.71. The molecule has 0 radical (unpaired) electrons. The molecular formula is C29H28FN5O3. The highest BCUT2D eigenvalue weighted by Crippen LogP contribution is 2.27. The number of ether oxygens (including phenoxy) is 1. The molecule has 1 atom stereocenters. The van der Waals surface area contributed by atoms with Crippen LogP contribution in [0.15, 0.2) is 59.7 Å². The van der Waals surface area contributed by atoms with Gasteiger partial charge in [0.25, 0.3) is 11.5 Å². The number of H-pyrrole nitrogens is 1. The molecule has 2 aromatic carbocycles. The number of pyridine rings is 1. The van der Waals surface area contributed by atoms with Gasteiger partial charge < -0.3 is 15.0 Å². The van der Waals surface area contributed by atoms with Crippen LogP contribution in [0.5, 0.6) is 5.75 Å². The van der Waals surface area contributed by atoms with E-state index in [1.807, 2.05) is 45.0 Å². The summed E-state index contributed by atoms with van der Waals surface area (Å²) < 4.78 is 20.6. The second kappa shape index (κ2) is 9.74. The van der Waals surface area contributed by atoms with Gasteiger partial charge in [0.15, 0.2) is 17.3 Å². The van der Waals surface area contributed by atoms with Crippen molar-refractivity contribution in [3.8, 4) is 17.0 Å². The highest BCUT2D eigenvalue weighted by atomic mass is 19.1. The van der Waals surface area contributed by atoms with Crippen LogP contribution in [0.2, 0.25) is 0 Å². The van der Waals surface area contributed by atoms with Crippen LogP contribution in [0.3, 0.4) is 0 Å². The quantitative estimate of drug-likeness (QED) is 0.321. The molecule has 3 aromatic heterocycles. The summed E-state index contributed by atoms with van der Waals surface area (Å²) in [6.07, 6.45) is 3.40. The molecule has 0 fully saturated rings. The van der Waals surface area contributed by atoms with E-state index in [0.717, 1.165) is 22.0 Å². The Morgan fingerprint density at radius 1 is 1.16 bits per heavy atom. The number of aromatic amines is 1. The van der Waals surface area contributed by atoms with Crippen LogP contribution in [0.25, 0.3) is 27.7 Å². The molecule has 1 amide bonds. The lowest BCUT2D eigenvalue weighted by atomic mass is 10.0. The monoisotopic (exact) mass is 513 g/mol. The van der Waals surface area contributed by atoms with Crippen molar-refractivity contribution in [2.75, 3.05) is 7.11 Å². The highest BCUT2D eigenvalue weighted by molar-refractivity contribution is 5.96. The van der Waals surface area contributed by atoms with E-state index in [4.69, 9.17) is 4.74 Å². The molecule has 5 rings (SSSR count). The molecule has 0 aliphatic rings. The summed E-state index contributed by atoms with van der Waals surface area (Å²) in [6, 6.07) is 11.9. The van der Waals surface area contributed by atoms with Crippen LogP contribution < -0.4 is 15.6 Å². The van der Waals surface area contributed by atoms with Crippen LogP contribution in [-0.4, -0.2) is 32.6 Å². The number of carbonyl (C=O) groups is 1. The Balaban J connectivity index is 1.54. The van der Waals surface area contributed by atoms with Crippen LogP contribution in [0.4, 0.5) is 4.39 Å². The summed E-state index contributed by atoms with van der Waals surface area (Å²) in [5, 5.41) is 8.39. The summed E-state index contributed by atoms with van der Waals surface area (Å²) in [4.78, 5) is 34.1. The number of aryl methyl sites for hydroxylation is 1. The van der Waals surface area contributed by atoms with Crippen molar-refractivity contribution >= 4 is 22.3 Å². The summed E-state index contributed by atoms with van der Waals surface area (Å²) in [5.74, 6) is -0.996. The predicted molar refractivity (Wildman–Crippen MR) is 144 cm³/mol. The maximum atomic E-state index is 14.2. The number of nitrogens with one attached hydrogen (secondary N) is 2. The number of nitrogens with zero attached hydrogens (tertiary/aromatic N) is 3. The van der Waals surface area contributed by atoms with Crippen molar-refractivity contribution in [3.63, 3.8) is 0 Å². The second-order valence-corrected chi connectivity index (χ2v) is 9.66. The minimum Gasteiger partial charge on any atom is -0.494 e. The highest BCUT2D eigenvalue weighted by Gasteiger charge is 2.25. The van der Waals surface area contributed by atoms with Crippen molar-refractivity contribution in [3.05, 3.63) is 93.4 Å². The molecule has 0 aliphatic heterocycles. The van der Waals surface area contributed by atoms with Crippen molar-refractivity contribution in [1.29, 1.82) is 0 Å². The molecule has 1 unspecified atom stereocenters. The van der Waals surface area contributed by atoms with E-state index in [1.54, 1.807) is 25.4 Å². The Hall–Kier alpha value is -4.53. The normalized spacial score (nSPS) is 12.3. The number of fused-ring (bicyclic) bond motifs is 2. The predicted octanol–water partition coefficient (Wildman–Crippen LogP) is 5.31. The van der Waals surface area contributed by atoms with Crippen molar-refractivity contribution < 1.29 is 13.9 Å². The Kier molecular flexibility index (Phi) is 6.44. The van der Waals surface area contributed by atoms with Gasteiger partial charge in [0.2, 0.25) is 0 Å². The van der Waals surface area contributed by atoms with E-state index in [-0.39, 0.29) is 22.9 Å². The third-order valence-electron chi connectivity index (χ3n) is 6.73. The van der Waals surface area contributed by atoms with Crippen LogP contribution >= 0.6 is 0 Å². The molecule has 2 N–H and O–H groups in total. The molecule has 0 aliphatic carbocycles. The molecule has 194 valence electrons. The van der Waals surface area contributed by atoms with Gasteiger partial charge in [0.05, 0.1) is 30.6 Å². The zero-order chi connectivity index (χ0) is 27.1. The molecule has 0 bridgehead atoms. The van der Waals surface area contributed by atoms with E-state index < -0.39 is 17.8 Å². The standard InChI is InChI=1S/C29H28FN5O3/c1-15(2)25-26(28(36)32-17(4)18-9-10-24(38-5)21(30)12-18)34-35-14-23(33-29(37)27(25)35)19-11-20-16(3)7-6-8-22(20)31-13-19/h6-15,17H,1-5H3,(H,32,36)(H,33,37). The van der Waals surface area contributed by atoms with Crippen LogP contribution in [0, 0.1) is 12.7 Å². The first-order valence-electron chi connectivity index (χ1n) is 12.3. The van der Waals surface area contributed by atoms with Gasteiger partial charge in [-0.3, -0.25) is 14.6 Å². The van der Waals surface area contributed by atoms with E-state index in [0.29, 0.717) is 22.3 Å². The SMILES string of the molecule is COc1ccc(C(C)NC(=O)c2nn3cc(-c4cnc5cccc(C)c5c4)[nH]c(=O)c3c2C(C)C)cc1F. The van der Waals surface area contributed by atoms with E-state index in [9.17, 15) is 14.0 Å². The largest absolute Gasteiger partial charge is 0.494 e. The maximum absolute atomic E-state index is 14.2. The van der Waals surface area contributed by atoms with Gasteiger partial charge in [-0.25, -0.2) is 8.91 Å². The van der Waals surface area contributed by atoms with Gasteiger partial charge in [-0.05, 0) is 55.2 Å². The number of aromatic nitrogens is 4. The Labute approximate surface area is 218 Å². The minimum atomic E-state index is -0.515. The average molecular weight is 514 g/mol. The Bertz CT molecular complexity index is 1760. The molecule has 0 saturated carbocycles. The van der Waals surface area contributed by atoms with Gasteiger partial charge in [-0.1, -0.05) is 32.0 Å². The second-order valence-electron chi connectivity index (χ2n) is 9.66. The van der Waals surface area contributed by atoms with Gasteiger partial charge >= 0.3 is 0 Å². The average Bonchev–Trinajstić information content (AvgIpc) is 3.29. The molecule has 0 spiro atoms. The molecule has 0 saturated heterocycles. The minimum absolute atomic E-state index is 0.126. The maximum Gasteiger partial charge on any atom is 0.274 e. The number of hydrogen-bond acceptors (Lipinski definition) is 5. The summed E-state index contributed by atoms with van der Waals surface area (Å²) >= 11 is 0. The summed E-state index contributed by atoms with van der Waals surface area (Å²) in [6.45, 7) is 7.57. The summed E-state index contributed by atoms with van der Waals surface area (Å²) in [5.41, 5.74) is 4.42. The van der Waals surface area contributed by atoms with Crippen LogP contribution in [-0.2, 0) is 0 Å². The molecule has 5 aromatic rings. The van der Waals surface area contributed by atoms with Crippen LogP contribution in [0.1, 0.15) is 59.9 Å². The smallest absolute Gasteiger partial charge is 0.274 e. The fourth-order valence-electron chi connectivity index (χ4n) is 4.71. The Morgan fingerprint density at radius 3 is 2.66 bits per heavy atom. The van der Waals surface area contributed by atoms with Crippen molar-refractivity contribution in [2.45, 2.75) is 39.7 Å². The lowest BCUT2D eigenvalue weighted by Gasteiger charge is -2.15. The number of carbonyl (C=O) groups excluding carboxylic acids is 1.